The molecular weight excluding hydrogens is 204 g/mol. The number of carbonyl (C=O) groups excluding carboxylic acids is 2. The number of ketones is 2. The van der Waals surface area contributed by atoms with Gasteiger partial charge in [-0.2, -0.15) is 0 Å². The number of rotatable bonds is 0. The third kappa shape index (κ3) is 1.08. The molecular formula is C13H8O3. The molecule has 2 aliphatic rings. The fourth-order valence-electron chi connectivity index (χ4n) is 2.00. The molecule has 0 aromatic heterocycles. The highest BCUT2D eigenvalue weighted by Gasteiger charge is 2.36. The Labute approximate surface area is 92.0 Å². The highest BCUT2D eigenvalue weighted by molar-refractivity contribution is 6.39. The molecule has 1 aliphatic heterocycles. The van der Waals surface area contributed by atoms with Crippen LogP contribution in [0.1, 0.15) is 27.1 Å². The number of benzene rings is 1. The Morgan fingerprint density at radius 3 is 2.12 bits per heavy atom. The van der Waals surface area contributed by atoms with E-state index in [0.717, 1.165) is 0 Å². The van der Waals surface area contributed by atoms with Gasteiger partial charge in [-0.15, -0.1) is 0 Å². The lowest BCUT2D eigenvalue weighted by Gasteiger charge is -2.00. The van der Waals surface area contributed by atoms with Crippen LogP contribution in [0.15, 0.2) is 47.9 Å². The lowest BCUT2D eigenvalue weighted by Crippen LogP contribution is -2.04. The van der Waals surface area contributed by atoms with E-state index in [1.165, 1.54) is 6.26 Å². The lowest BCUT2D eigenvalue weighted by atomic mass is 10.1. The van der Waals surface area contributed by atoms with Gasteiger partial charge in [0.05, 0.1) is 6.26 Å². The van der Waals surface area contributed by atoms with Crippen molar-refractivity contribution >= 4 is 11.6 Å². The van der Waals surface area contributed by atoms with Crippen molar-refractivity contribution in [3.63, 3.8) is 0 Å². The van der Waals surface area contributed by atoms with Crippen LogP contribution in [0.4, 0.5) is 0 Å². The topological polar surface area (TPSA) is 43.4 Å². The summed E-state index contributed by atoms with van der Waals surface area (Å²) in [7, 11) is 0. The van der Waals surface area contributed by atoms with Gasteiger partial charge >= 0.3 is 0 Å². The van der Waals surface area contributed by atoms with Crippen LogP contribution in [0.25, 0.3) is 0 Å². The summed E-state index contributed by atoms with van der Waals surface area (Å²) in [6.07, 6.45) is 3.80. The summed E-state index contributed by atoms with van der Waals surface area (Å²) < 4.78 is 5.17. The van der Waals surface area contributed by atoms with Gasteiger partial charge in [0.1, 0.15) is 11.3 Å². The highest BCUT2D eigenvalue weighted by atomic mass is 16.5. The van der Waals surface area contributed by atoms with Gasteiger partial charge in [0.15, 0.2) is 0 Å². The second kappa shape index (κ2) is 3.17. The van der Waals surface area contributed by atoms with Gasteiger partial charge < -0.3 is 4.74 Å². The van der Waals surface area contributed by atoms with Gasteiger partial charge in [0, 0.05) is 17.5 Å². The summed E-state index contributed by atoms with van der Waals surface area (Å²) in [6, 6.07) is 6.85. The van der Waals surface area contributed by atoms with Crippen LogP contribution in [0, 0.1) is 0 Å². The zero-order valence-corrected chi connectivity index (χ0v) is 8.40. The van der Waals surface area contributed by atoms with Crippen molar-refractivity contribution in [3.05, 3.63) is 59.1 Å². The molecule has 0 radical (unpaired) electrons. The van der Waals surface area contributed by atoms with Crippen LogP contribution >= 0.6 is 0 Å². The van der Waals surface area contributed by atoms with E-state index < -0.39 is 0 Å². The number of Topliss-reactive ketones (excluding diaryl/α,β-unsaturated/α-hetero) is 2. The maximum atomic E-state index is 12.0. The normalized spacial score (nSPS) is 18.0. The van der Waals surface area contributed by atoms with Crippen molar-refractivity contribution in [2.45, 2.75) is 6.42 Å². The molecule has 0 atom stereocenters. The maximum absolute atomic E-state index is 12.0. The standard InChI is InChI=1S/C13H8O3/c14-12-8-4-1-2-5-9(8)13(15)11(12)10-6-3-7-16-10/h1-5,7H,6H2. The second-order valence-electron chi connectivity index (χ2n) is 3.70. The zero-order valence-electron chi connectivity index (χ0n) is 8.40. The molecule has 1 heterocycles. The molecule has 3 nitrogen and oxygen atoms in total. The first-order chi connectivity index (χ1) is 7.79. The van der Waals surface area contributed by atoms with E-state index in [1.54, 1.807) is 30.3 Å². The minimum absolute atomic E-state index is 0.186. The molecule has 0 saturated heterocycles. The number of ether oxygens (including phenoxy) is 1. The largest absolute Gasteiger partial charge is 0.468 e. The predicted octanol–water partition coefficient (Wildman–Crippen LogP) is 2.25. The molecule has 0 N–H and O–H groups in total. The molecule has 3 rings (SSSR count). The first kappa shape index (κ1) is 9.09. The van der Waals surface area contributed by atoms with E-state index in [4.69, 9.17) is 4.74 Å². The first-order valence-electron chi connectivity index (χ1n) is 5.02. The van der Waals surface area contributed by atoms with Crippen LogP contribution in [-0.2, 0) is 4.74 Å². The van der Waals surface area contributed by atoms with Gasteiger partial charge in [0.2, 0.25) is 11.6 Å². The van der Waals surface area contributed by atoms with Crippen molar-refractivity contribution < 1.29 is 14.3 Å². The quantitative estimate of drug-likeness (QED) is 0.489. The van der Waals surface area contributed by atoms with Crippen molar-refractivity contribution in [3.8, 4) is 0 Å². The second-order valence-corrected chi connectivity index (χ2v) is 3.70. The molecule has 1 aromatic carbocycles. The van der Waals surface area contributed by atoms with E-state index in [2.05, 4.69) is 0 Å². The van der Waals surface area contributed by atoms with E-state index in [9.17, 15) is 9.59 Å². The van der Waals surface area contributed by atoms with Crippen molar-refractivity contribution in [2.75, 3.05) is 0 Å². The minimum Gasteiger partial charge on any atom is -0.468 e. The monoisotopic (exact) mass is 212 g/mol. The third-order valence-corrected chi connectivity index (χ3v) is 2.76. The molecule has 0 bridgehead atoms. The summed E-state index contributed by atoms with van der Waals surface area (Å²) in [6.45, 7) is 0. The fraction of sp³-hybridized carbons (Fsp3) is 0.0769. The van der Waals surface area contributed by atoms with E-state index in [-0.39, 0.29) is 17.1 Å². The van der Waals surface area contributed by atoms with E-state index in [0.29, 0.717) is 23.3 Å². The number of hydrogen-bond donors (Lipinski definition) is 0. The van der Waals surface area contributed by atoms with Gasteiger partial charge in [-0.1, -0.05) is 24.3 Å². The van der Waals surface area contributed by atoms with Gasteiger partial charge in [-0.3, -0.25) is 9.59 Å². The Hall–Kier alpha value is -2.16. The molecule has 0 unspecified atom stereocenters. The fourth-order valence-corrected chi connectivity index (χ4v) is 2.00. The zero-order chi connectivity index (χ0) is 11.1. The molecule has 1 aromatic rings. The van der Waals surface area contributed by atoms with Gasteiger partial charge in [-0.05, 0) is 6.08 Å². The molecule has 16 heavy (non-hydrogen) atoms. The Kier molecular flexibility index (Phi) is 1.80. The molecule has 0 spiro atoms. The van der Waals surface area contributed by atoms with Crippen LogP contribution in [-0.4, -0.2) is 11.6 Å². The smallest absolute Gasteiger partial charge is 0.201 e. The van der Waals surface area contributed by atoms with Gasteiger partial charge in [-0.25, -0.2) is 0 Å². The lowest BCUT2D eigenvalue weighted by molar-refractivity contribution is 0.0980. The minimum atomic E-state index is -0.223. The summed E-state index contributed by atoms with van der Waals surface area (Å²) in [5.41, 5.74) is 1.14. The Morgan fingerprint density at radius 2 is 1.62 bits per heavy atom. The molecule has 0 saturated carbocycles. The molecule has 0 fully saturated rings. The SMILES string of the molecule is O=C1C(=C2CC=CO2)C(=O)c2ccccc21. The number of fused-ring (bicyclic) bond motifs is 1. The van der Waals surface area contributed by atoms with Crippen molar-refractivity contribution in [1.29, 1.82) is 0 Å². The number of carbonyl (C=O) groups is 2. The van der Waals surface area contributed by atoms with Crippen molar-refractivity contribution in [1.82, 2.24) is 0 Å². The summed E-state index contributed by atoms with van der Waals surface area (Å²) in [5.74, 6) is 0.0183. The summed E-state index contributed by atoms with van der Waals surface area (Å²) in [4.78, 5) is 24.0. The van der Waals surface area contributed by atoms with Crippen LogP contribution < -0.4 is 0 Å². The molecule has 3 heteroatoms. The van der Waals surface area contributed by atoms with Crippen LogP contribution in [0.3, 0.4) is 0 Å². The first-order valence-corrected chi connectivity index (χ1v) is 5.02. The highest BCUT2D eigenvalue weighted by Crippen LogP contribution is 2.31. The average Bonchev–Trinajstić information content (AvgIpc) is 2.89. The summed E-state index contributed by atoms with van der Waals surface area (Å²) in [5, 5.41) is 0. The average molecular weight is 212 g/mol. The summed E-state index contributed by atoms with van der Waals surface area (Å²) >= 11 is 0. The van der Waals surface area contributed by atoms with Crippen LogP contribution in [0.5, 0.6) is 0 Å². The van der Waals surface area contributed by atoms with E-state index >= 15 is 0 Å². The van der Waals surface area contributed by atoms with Crippen molar-refractivity contribution in [2.24, 2.45) is 0 Å². The predicted molar refractivity (Wildman–Crippen MR) is 57.0 cm³/mol. The van der Waals surface area contributed by atoms with E-state index in [1.807, 2.05) is 0 Å². The van der Waals surface area contributed by atoms with Crippen LogP contribution in [0.2, 0.25) is 0 Å². The molecule has 0 amide bonds. The Balaban J connectivity index is 2.19. The Morgan fingerprint density at radius 1 is 1.00 bits per heavy atom. The maximum Gasteiger partial charge on any atom is 0.201 e. The number of hydrogen-bond acceptors (Lipinski definition) is 3. The third-order valence-electron chi connectivity index (χ3n) is 2.76. The van der Waals surface area contributed by atoms with Gasteiger partial charge in [0.25, 0.3) is 0 Å². The molecule has 1 aliphatic carbocycles. The Bertz CT molecular complexity index is 517. The number of allylic oxidation sites excluding steroid dienone is 2. The molecule has 78 valence electrons.